The Morgan fingerprint density at radius 3 is 2.40 bits per heavy atom. The monoisotopic (exact) mass is 419 g/mol. The smallest absolute Gasteiger partial charge is 0.328 e. The Balaban J connectivity index is 1.60. The summed E-state index contributed by atoms with van der Waals surface area (Å²) in [6, 6.07) is 7.27. The molecule has 0 bridgehead atoms. The van der Waals surface area contributed by atoms with Crippen molar-refractivity contribution in [3.63, 3.8) is 0 Å². The summed E-state index contributed by atoms with van der Waals surface area (Å²) in [5.41, 5.74) is 0.771. The first-order chi connectivity index (χ1) is 14.4. The van der Waals surface area contributed by atoms with Gasteiger partial charge in [-0.05, 0) is 42.7 Å². The molecule has 1 saturated heterocycles. The molecule has 1 aliphatic heterocycles. The average molecular weight is 419 g/mol. The van der Waals surface area contributed by atoms with Crippen LogP contribution in [0.1, 0.15) is 28.8 Å². The Morgan fingerprint density at radius 2 is 1.73 bits per heavy atom. The van der Waals surface area contributed by atoms with Crippen LogP contribution in [0.2, 0.25) is 0 Å². The third kappa shape index (κ3) is 4.87. The summed E-state index contributed by atoms with van der Waals surface area (Å²) in [5.74, 6) is -1.62. The van der Waals surface area contributed by atoms with Crippen molar-refractivity contribution in [1.82, 2.24) is 4.90 Å². The first-order valence-electron chi connectivity index (χ1n) is 9.57. The van der Waals surface area contributed by atoms with E-state index in [0.29, 0.717) is 43.4 Å². The SMILES string of the molecule is COc1ccc(CCOC(=O)[C@@H]2CCCN2C(=O)c2cc(F)cc(F)c2)cc1OC. The van der Waals surface area contributed by atoms with Crippen LogP contribution >= 0.6 is 0 Å². The minimum Gasteiger partial charge on any atom is -0.493 e. The molecule has 0 unspecified atom stereocenters. The van der Waals surface area contributed by atoms with Crippen LogP contribution in [0.4, 0.5) is 8.78 Å². The Hall–Kier alpha value is -3.16. The van der Waals surface area contributed by atoms with Crippen LogP contribution in [0.25, 0.3) is 0 Å². The van der Waals surface area contributed by atoms with E-state index in [0.717, 1.165) is 17.7 Å². The number of amides is 1. The van der Waals surface area contributed by atoms with Gasteiger partial charge in [0.05, 0.1) is 20.8 Å². The highest BCUT2D eigenvalue weighted by Gasteiger charge is 2.35. The largest absolute Gasteiger partial charge is 0.493 e. The van der Waals surface area contributed by atoms with E-state index in [1.807, 2.05) is 6.07 Å². The number of carbonyl (C=O) groups excluding carboxylic acids is 2. The van der Waals surface area contributed by atoms with Crippen molar-refractivity contribution in [1.29, 1.82) is 0 Å². The number of nitrogens with zero attached hydrogens (tertiary/aromatic N) is 1. The fourth-order valence-corrected chi connectivity index (χ4v) is 3.50. The normalized spacial score (nSPS) is 15.7. The standard InChI is InChI=1S/C22H23F2NO5/c1-28-19-6-5-14(10-20(19)29-2)7-9-30-22(27)18-4-3-8-25(18)21(26)15-11-16(23)13-17(24)12-15/h5-6,10-13,18H,3-4,7-9H2,1-2H3/t18-/m0/s1. The summed E-state index contributed by atoms with van der Waals surface area (Å²) in [5, 5.41) is 0. The molecule has 1 aliphatic rings. The minimum absolute atomic E-state index is 0.126. The first kappa shape index (κ1) is 21.5. The van der Waals surface area contributed by atoms with Crippen LogP contribution < -0.4 is 9.47 Å². The molecule has 0 radical (unpaired) electrons. The molecule has 2 aromatic carbocycles. The van der Waals surface area contributed by atoms with Gasteiger partial charge in [0, 0.05) is 24.6 Å². The lowest BCUT2D eigenvalue weighted by Gasteiger charge is -2.23. The van der Waals surface area contributed by atoms with Crippen molar-refractivity contribution in [3.8, 4) is 11.5 Å². The second-order valence-electron chi connectivity index (χ2n) is 6.92. The molecule has 0 N–H and O–H groups in total. The molecule has 2 aromatic rings. The number of esters is 1. The summed E-state index contributed by atoms with van der Waals surface area (Å²) in [6.07, 6.45) is 1.51. The molecular weight excluding hydrogens is 396 g/mol. The molecule has 0 spiro atoms. The van der Waals surface area contributed by atoms with Crippen LogP contribution in [0.3, 0.4) is 0 Å². The molecular formula is C22H23F2NO5. The fraction of sp³-hybridized carbons (Fsp3) is 0.364. The van der Waals surface area contributed by atoms with Crippen LogP contribution in [0.15, 0.2) is 36.4 Å². The van der Waals surface area contributed by atoms with Gasteiger partial charge in [-0.2, -0.15) is 0 Å². The molecule has 160 valence electrons. The van der Waals surface area contributed by atoms with Crippen molar-refractivity contribution in [2.45, 2.75) is 25.3 Å². The zero-order valence-corrected chi connectivity index (χ0v) is 16.8. The van der Waals surface area contributed by atoms with Crippen molar-refractivity contribution < 1.29 is 32.6 Å². The van der Waals surface area contributed by atoms with Crippen molar-refractivity contribution in [2.75, 3.05) is 27.4 Å². The lowest BCUT2D eigenvalue weighted by Crippen LogP contribution is -2.41. The van der Waals surface area contributed by atoms with Crippen molar-refractivity contribution in [3.05, 3.63) is 59.2 Å². The van der Waals surface area contributed by atoms with Gasteiger partial charge in [-0.3, -0.25) is 4.79 Å². The van der Waals surface area contributed by atoms with Crippen LogP contribution in [-0.2, 0) is 16.0 Å². The summed E-state index contributed by atoms with van der Waals surface area (Å²) in [4.78, 5) is 26.5. The van der Waals surface area contributed by atoms with E-state index < -0.39 is 29.6 Å². The van der Waals surface area contributed by atoms with Crippen LogP contribution in [-0.4, -0.2) is 50.2 Å². The highest BCUT2D eigenvalue weighted by molar-refractivity contribution is 5.97. The highest BCUT2D eigenvalue weighted by atomic mass is 19.1. The third-order valence-electron chi connectivity index (χ3n) is 4.98. The second kappa shape index (κ2) is 9.56. The second-order valence-corrected chi connectivity index (χ2v) is 6.92. The molecule has 1 atom stereocenters. The fourth-order valence-electron chi connectivity index (χ4n) is 3.50. The number of hydrogen-bond acceptors (Lipinski definition) is 5. The molecule has 3 rings (SSSR count). The van der Waals surface area contributed by atoms with Crippen molar-refractivity contribution >= 4 is 11.9 Å². The van der Waals surface area contributed by atoms with E-state index in [1.165, 1.54) is 12.0 Å². The van der Waals surface area contributed by atoms with E-state index >= 15 is 0 Å². The number of halogens is 2. The van der Waals surface area contributed by atoms with Gasteiger partial charge < -0.3 is 19.1 Å². The molecule has 1 amide bonds. The van der Waals surface area contributed by atoms with Gasteiger partial charge in [0.25, 0.3) is 5.91 Å². The predicted octanol–water partition coefficient (Wildman–Crippen LogP) is 3.37. The van der Waals surface area contributed by atoms with Gasteiger partial charge in [0.1, 0.15) is 17.7 Å². The lowest BCUT2D eigenvalue weighted by atomic mass is 10.1. The van der Waals surface area contributed by atoms with Gasteiger partial charge in [0.2, 0.25) is 0 Å². The molecule has 1 fully saturated rings. The maximum atomic E-state index is 13.4. The van der Waals surface area contributed by atoms with Gasteiger partial charge in [-0.1, -0.05) is 6.07 Å². The molecule has 8 heteroatoms. The number of likely N-dealkylation sites (tertiary alicyclic amines) is 1. The number of benzene rings is 2. The van der Waals surface area contributed by atoms with Crippen LogP contribution in [0, 0.1) is 11.6 Å². The summed E-state index contributed by atoms with van der Waals surface area (Å²) >= 11 is 0. The average Bonchev–Trinajstić information content (AvgIpc) is 3.22. The van der Waals surface area contributed by atoms with E-state index in [4.69, 9.17) is 14.2 Å². The molecule has 30 heavy (non-hydrogen) atoms. The van der Waals surface area contributed by atoms with Gasteiger partial charge >= 0.3 is 5.97 Å². The quantitative estimate of drug-likeness (QED) is 0.644. The van der Waals surface area contributed by atoms with Crippen LogP contribution in [0.5, 0.6) is 11.5 Å². The molecule has 6 nitrogen and oxygen atoms in total. The maximum absolute atomic E-state index is 13.4. The Kier molecular flexibility index (Phi) is 6.87. The van der Waals surface area contributed by atoms with E-state index in [-0.39, 0.29) is 12.2 Å². The minimum atomic E-state index is -0.841. The first-order valence-corrected chi connectivity index (χ1v) is 9.57. The molecule has 0 saturated carbocycles. The Morgan fingerprint density at radius 1 is 1.03 bits per heavy atom. The lowest BCUT2D eigenvalue weighted by molar-refractivity contribution is -0.148. The number of methoxy groups -OCH3 is 2. The highest BCUT2D eigenvalue weighted by Crippen LogP contribution is 2.28. The number of ether oxygens (including phenoxy) is 3. The van der Waals surface area contributed by atoms with Crippen molar-refractivity contribution in [2.24, 2.45) is 0 Å². The van der Waals surface area contributed by atoms with Gasteiger partial charge in [0.15, 0.2) is 11.5 Å². The van der Waals surface area contributed by atoms with Gasteiger partial charge in [-0.15, -0.1) is 0 Å². The van der Waals surface area contributed by atoms with E-state index in [9.17, 15) is 18.4 Å². The molecule has 0 aromatic heterocycles. The topological polar surface area (TPSA) is 65.1 Å². The number of hydrogen-bond donors (Lipinski definition) is 0. The third-order valence-corrected chi connectivity index (χ3v) is 4.98. The Labute approximate surface area is 173 Å². The maximum Gasteiger partial charge on any atom is 0.328 e. The van der Waals surface area contributed by atoms with E-state index in [2.05, 4.69) is 0 Å². The summed E-state index contributed by atoms with van der Waals surface area (Å²) in [6.45, 7) is 0.452. The molecule has 1 heterocycles. The van der Waals surface area contributed by atoms with Gasteiger partial charge in [-0.25, -0.2) is 13.6 Å². The summed E-state index contributed by atoms with van der Waals surface area (Å²) < 4.78 is 42.7. The number of carbonyl (C=O) groups is 2. The van der Waals surface area contributed by atoms with E-state index in [1.54, 1.807) is 19.2 Å². The Bertz CT molecular complexity index is 913. The zero-order valence-electron chi connectivity index (χ0n) is 16.8. The number of rotatable bonds is 7. The zero-order chi connectivity index (χ0) is 21.7. The molecule has 0 aliphatic carbocycles. The summed E-state index contributed by atoms with van der Waals surface area (Å²) in [7, 11) is 3.09. The predicted molar refractivity (Wildman–Crippen MR) is 105 cm³/mol.